The number of para-hydroxylation sites is 1. The van der Waals surface area contributed by atoms with E-state index in [0.29, 0.717) is 5.75 Å². The van der Waals surface area contributed by atoms with Crippen molar-refractivity contribution in [1.82, 2.24) is 15.1 Å². The van der Waals surface area contributed by atoms with Crippen LogP contribution in [0.25, 0.3) is 0 Å². The lowest BCUT2D eigenvalue weighted by atomic mass is 10.2. The van der Waals surface area contributed by atoms with Crippen LogP contribution in [0.4, 0.5) is 25.0 Å². The molecule has 37 heavy (non-hydrogen) atoms. The van der Waals surface area contributed by atoms with Gasteiger partial charge in [-0.3, -0.25) is 14.4 Å². The van der Waals surface area contributed by atoms with Gasteiger partial charge in [0.05, 0.1) is 30.7 Å². The number of hydrogen-bond acceptors (Lipinski definition) is 7. The summed E-state index contributed by atoms with van der Waals surface area (Å²) < 4.78 is 65.9. The van der Waals surface area contributed by atoms with Gasteiger partial charge in [0, 0.05) is 12.6 Å². The molecule has 0 aliphatic carbocycles. The first-order valence-corrected chi connectivity index (χ1v) is 12.4. The molecule has 1 aliphatic rings. The van der Waals surface area contributed by atoms with Gasteiger partial charge >= 0.3 is 12.6 Å². The molecular weight excluding hydrogens is 512 g/mol. The van der Waals surface area contributed by atoms with Gasteiger partial charge in [0.15, 0.2) is 0 Å². The zero-order chi connectivity index (χ0) is 26.7. The number of rotatable bonds is 7. The van der Waals surface area contributed by atoms with Gasteiger partial charge in [0.25, 0.3) is 10.0 Å². The monoisotopic (exact) mass is 535 g/mol. The van der Waals surface area contributed by atoms with E-state index >= 15 is 0 Å². The molecule has 1 atom stereocenters. The third kappa shape index (κ3) is 5.80. The summed E-state index contributed by atoms with van der Waals surface area (Å²) in [6.45, 7) is -0.662. The molecule has 0 saturated heterocycles. The molecule has 0 fully saturated rings. The standard InChI is InChI=1S/C23H23F2N5O6S/c1-14-21(13-29(28-14)22(24)25)37(33,34)30-12-18(11-26-15(2)31)35-20-9-8-16(10-19(20)30)27-23(32)36-17-6-4-3-5-7-17/h3-10,13,18,22H,11-12H2,1-2H3,(H,26,31)(H,27,32)/t18-/m0/s1. The minimum atomic E-state index is -4.40. The average molecular weight is 536 g/mol. The predicted molar refractivity (Wildman–Crippen MR) is 128 cm³/mol. The number of carbonyl (C=O) groups is 2. The highest BCUT2D eigenvalue weighted by molar-refractivity contribution is 7.92. The summed E-state index contributed by atoms with van der Waals surface area (Å²) in [6, 6.07) is 12.6. The van der Waals surface area contributed by atoms with Gasteiger partial charge in [0.2, 0.25) is 5.91 Å². The van der Waals surface area contributed by atoms with Crippen molar-refractivity contribution in [2.45, 2.75) is 31.4 Å². The molecule has 2 N–H and O–H groups in total. The second kappa shape index (κ2) is 10.4. The zero-order valence-electron chi connectivity index (χ0n) is 19.7. The van der Waals surface area contributed by atoms with E-state index in [1.807, 2.05) is 0 Å². The van der Waals surface area contributed by atoms with Gasteiger partial charge < -0.3 is 14.8 Å². The van der Waals surface area contributed by atoms with E-state index in [4.69, 9.17) is 9.47 Å². The number of nitrogens with one attached hydrogen (secondary N) is 2. The topological polar surface area (TPSA) is 132 Å². The van der Waals surface area contributed by atoms with Gasteiger partial charge in [-0.15, -0.1) is 0 Å². The number of aryl methyl sites for hydroxylation is 1. The highest BCUT2D eigenvalue weighted by atomic mass is 32.2. The molecule has 0 unspecified atom stereocenters. The van der Waals surface area contributed by atoms with Crippen LogP contribution in [0.3, 0.4) is 0 Å². The highest BCUT2D eigenvalue weighted by Crippen LogP contribution is 2.39. The van der Waals surface area contributed by atoms with E-state index in [2.05, 4.69) is 15.7 Å². The van der Waals surface area contributed by atoms with Crippen molar-refractivity contribution in [3.05, 3.63) is 60.4 Å². The molecule has 11 nitrogen and oxygen atoms in total. The number of halogens is 2. The first-order chi connectivity index (χ1) is 17.5. The van der Waals surface area contributed by atoms with Crippen LogP contribution >= 0.6 is 0 Å². The maximum atomic E-state index is 13.6. The van der Waals surface area contributed by atoms with E-state index in [9.17, 15) is 26.8 Å². The maximum absolute atomic E-state index is 13.6. The molecule has 3 aromatic rings. The second-order valence-corrected chi connectivity index (χ2v) is 9.89. The number of nitrogens with zero attached hydrogens (tertiary/aromatic N) is 3. The van der Waals surface area contributed by atoms with E-state index in [1.54, 1.807) is 30.3 Å². The van der Waals surface area contributed by atoms with Crippen molar-refractivity contribution in [1.29, 1.82) is 0 Å². The van der Waals surface area contributed by atoms with Crippen LogP contribution in [0.2, 0.25) is 0 Å². The molecule has 1 aliphatic heterocycles. The van der Waals surface area contributed by atoms with Crippen LogP contribution in [0.5, 0.6) is 11.5 Å². The lowest BCUT2D eigenvalue weighted by Gasteiger charge is -2.35. The molecule has 2 heterocycles. The number of aromatic nitrogens is 2. The number of ether oxygens (including phenoxy) is 2. The van der Waals surface area contributed by atoms with Crippen molar-refractivity contribution < 1.29 is 36.3 Å². The third-order valence-electron chi connectivity index (χ3n) is 5.31. The number of fused-ring (bicyclic) bond motifs is 1. The average Bonchev–Trinajstić information content (AvgIpc) is 3.25. The number of carbonyl (C=O) groups excluding carboxylic acids is 2. The van der Waals surface area contributed by atoms with Crippen LogP contribution in [-0.4, -0.2) is 49.4 Å². The number of sulfonamides is 1. The Bertz CT molecular complexity index is 1410. The normalized spacial score (nSPS) is 15.1. The Morgan fingerprint density at radius 1 is 1.22 bits per heavy atom. The molecule has 0 spiro atoms. The third-order valence-corrected chi connectivity index (χ3v) is 7.19. The largest absolute Gasteiger partial charge is 0.484 e. The Balaban J connectivity index is 1.67. The number of benzene rings is 2. The van der Waals surface area contributed by atoms with Gasteiger partial charge in [-0.25, -0.2) is 17.9 Å². The van der Waals surface area contributed by atoms with Crippen molar-refractivity contribution in [3.8, 4) is 11.5 Å². The molecule has 196 valence electrons. The fourth-order valence-electron chi connectivity index (χ4n) is 3.66. The Kier molecular flexibility index (Phi) is 7.29. The smallest absolute Gasteiger partial charge is 0.417 e. The molecule has 0 radical (unpaired) electrons. The Hall–Kier alpha value is -4.20. The van der Waals surface area contributed by atoms with Gasteiger partial charge in [0.1, 0.15) is 22.5 Å². The van der Waals surface area contributed by atoms with Crippen LogP contribution in [0.15, 0.2) is 59.6 Å². The molecule has 14 heteroatoms. The first-order valence-electron chi connectivity index (χ1n) is 11.0. The van der Waals surface area contributed by atoms with Crippen molar-refractivity contribution >= 4 is 33.4 Å². The summed E-state index contributed by atoms with van der Waals surface area (Å²) in [5.74, 6) is 0.109. The summed E-state index contributed by atoms with van der Waals surface area (Å²) >= 11 is 0. The van der Waals surface area contributed by atoms with E-state index in [0.717, 1.165) is 10.5 Å². The summed E-state index contributed by atoms with van der Waals surface area (Å²) in [5, 5.41) is 8.70. The van der Waals surface area contributed by atoms with Crippen LogP contribution in [0.1, 0.15) is 19.2 Å². The summed E-state index contributed by atoms with van der Waals surface area (Å²) in [4.78, 5) is 23.3. The van der Waals surface area contributed by atoms with Crippen molar-refractivity contribution in [2.75, 3.05) is 22.7 Å². The predicted octanol–water partition coefficient (Wildman–Crippen LogP) is 3.29. The van der Waals surface area contributed by atoms with Crippen molar-refractivity contribution in [2.24, 2.45) is 0 Å². The Morgan fingerprint density at radius 3 is 2.59 bits per heavy atom. The van der Waals surface area contributed by atoms with Crippen molar-refractivity contribution in [3.63, 3.8) is 0 Å². The quantitative estimate of drug-likeness (QED) is 0.475. The lowest BCUT2D eigenvalue weighted by molar-refractivity contribution is -0.119. The van der Waals surface area contributed by atoms with Gasteiger partial charge in [-0.05, 0) is 37.3 Å². The SMILES string of the molecule is CC(=O)NC[C@H]1CN(S(=O)(=O)c2cn(C(F)F)nc2C)c2cc(NC(=O)Oc3ccccc3)ccc2O1. The molecule has 0 saturated carbocycles. The van der Waals surface area contributed by atoms with E-state index in [1.165, 1.54) is 32.0 Å². The van der Waals surface area contributed by atoms with Gasteiger partial charge in [-0.2, -0.15) is 13.9 Å². The first kappa shape index (κ1) is 25.9. The number of alkyl halides is 2. The molecule has 1 aromatic heterocycles. The minimum Gasteiger partial charge on any atom is -0.484 e. The summed E-state index contributed by atoms with van der Waals surface area (Å²) in [7, 11) is -4.40. The maximum Gasteiger partial charge on any atom is 0.417 e. The molecule has 2 amide bonds. The minimum absolute atomic E-state index is 0.000521. The number of hydrogen-bond donors (Lipinski definition) is 2. The molecule has 0 bridgehead atoms. The van der Waals surface area contributed by atoms with Crippen LogP contribution < -0.4 is 24.4 Å². The fraction of sp³-hybridized carbons (Fsp3) is 0.261. The summed E-state index contributed by atoms with van der Waals surface area (Å²) in [5.41, 5.74) is 0.136. The molecule has 4 rings (SSSR count). The zero-order valence-corrected chi connectivity index (χ0v) is 20.5. The van der Waals surface area contributed by atoms with E-state index < -0.39 is 33.7 Å². The second-order valence-electron chi connectivity index (χ2n) is 8.06. The fourth-order valence-corrected chi connectivity index (χ4v) is 5.31. The Morgan fingerprint density at radius 2 is 1.95 bits per heavy atom. The summed E-state index contributed by atoms with van der Waals surface area (Å²) in [6.07, 6.45) is -0.833. The van der Waals surface area contributed by atoms with Crippen LogP contribution in [0, 0.1) is 6.92 Å². The van der Waals surface area contributed by atoms with E-state index in [-0.39, 0.29) is 46.5 Å². The number of amides is 2. The highest BCUT2D eigenvalue weighted by Gasteiger charge is 2.37. The molecule has 2 aromatic carbocycles. The molecular formula is C23H23F2N5O6S. The number of anilines is 2. The lowest BCUT2D eigenvalue weighted by Crippen LogP contribution is -2.48. The van der Waals surface area contributed by atoms with Gasteiger partial charge in [-0.1, -0.05) is 18.2 Å². The Labute approximate surface area is 211 Å². The van der Waals surface area contributed by atoms with Crippen LogP contribution in [-0.2, 0) is 14.8 Å².